The topological polar surface area (TPSA) is 36.9 Å². The molecule has 20 heavy (non-hydrogen) atoms. The van der Waals surface area contributed by atoms with Crippen molar-refractivity contribution in [2.24, 2.45) is 0 Å². The zero-order valence-electron chi connectivity index (χ0n) is 10.6. The molecule has 0 amide bonds. The molecule has 0 saturated carbocycles. The van der Waals surface area contributed by atoms with Crippen molar-refractivity contribution in [2.45, 2.75) is 75.5 Å². The van der Waals surface area contributed by atoms with Crippen molar-refractivity contribution in [1.82, 2.24) is 0 Å². The van der Waals surface area contributed by atoms with Gasteiger partial charge in [-0.15, -0.1) is 0 Å². The standard InChI is InChI=1S/C12H16F4O4/c13-11(14)9-5-1-3-7(17-5)19-10(12(15)16)6-2-4-8(18-6)20-9/h5-12H,1-4H2/t5-,6-,7-,8-,9-,10-/m0/s1. The first-order valence-electron chi connectivity index (χ1n) is 6.72. The number of fused-ring (bicyclic) bond motifs is 4. The Balaban J connectivity index is 1.79. The van der Waals surface area contributed by atoms with Gasteiger partial charge in [-0.05, 0) is 12.8 Å². The highest BCUT2D eigenvalue weighted by Gasteiger charge is 2.47. The number of halogens is 4. The molecule has 3 aliphatic rings. The number of hydrogen-bond donors (Lipinski definition) is 0. The number of hydrogen-bond acceptors (Lipinski definition) is 4. The van der Waals surface area contributed by atoms with Crippen LogP contribution in [0.2, 0.25) is 0 Å². The van der Waals surface area contributed by atoms with Gasteiger partial charge in [0.25, 0.3) is 12.9 Å². The molecule has 116 valence electrons. The fourth-order valence-corrected chi connectivity index (χ4v) is 2.92. The van der Waals surface area contributed by atoms with E-state index in [9.17, 15) is 17.6 Å². The van der Waals surface area contributed by atoms with E-state index < -0.39 is 49.8 Å². The Morgan fingerprint density at radius 1 is 0.600 bits per heavy atom. The van der Waals surface area contributed by atoms with Gasteiger partial charge in [-0.2, -0.15) is 0 Å². The maximum absolute atomic E-state index is 13.0. The van der Waals surface area contributed by atoms with E-state index in [1.165, 1.54) is 0 Å². The summed E-state index contributed by atoms with van der Waals surface area (Å²) in [6, 6.07) is 0. The fraction of sp³-hybridized carbons (Fsp3) is 1.00. The van der Waals surface area contributed by atoms with Crippen LogP contribution in [0, 0.1) is 0 Å². The van der Waals surface area contributed by atoms with Crippen LogP contribution < -0.4 is 0 Å². The van der Waals surface area contributed by atoms with Crippen molar-refractivity contribution in [3.63, 3.8) is 0 Å². The van der Waals surface area contributed by atoms with Gasteiger partial charge in [-0.3, -0.25) is 0 Å². The molecule has 0 radical (unpaired) electrons. The molecule has 3 saturated heterocycles. The third-order valence-corrected chi connectivity index (χ3v) is 3.87. The molecule has 0 aromatic carbocycles. The summed E-state index contributed by atoms with van der Waals surface area (Å²) < 4.78 is 73.2. The predicted molar refractivity (Wildman–Crippen MR) is 57.5 cm³/mol. The average Bonchev–Trinajstić information content (AvgIpc) is 2.99. The molecule has 3 aliphatic heterocycles. The largest absolute Gasteiger partial charge is 0.346 e. The van der Waals surface area contributed by atoms with Crippen LogP contribution in [-0.2, 0) is 18.9 Å². The summed E-state index contributed by atoms with van der Waals surface area (Å²) in [4.78, 5) is 0. The lowest BCUT2D eigenvalue weighted by molar-refractivity contribution is -0.284. The normalized spacial score (nSPS) is 45.3. The minimum atomic E-state index is -2.72. The van der Waals surface area contributed by atoms with Gasteiger partial charge < -0.3 is 18.9 Å². The van der Waals surface area contributed by atoms with Crippen molar-refractivity contribution < 1.29 is 36.5 Å². The van der Waals surface area contributed by atoms with E-state index >= 15 is 0 Å². The Hall–Kier alpha value is -0.440. The van der Waals surface area contributed by atoms with Crippen molar-refractivity contribution in [1.29, 1.82) is 0 Å². The predicted octanol–water partition coefficient (Wildman–Crippen LogP) is 2.31. The molecule has 3 heterocycles. The van der Waals surface area contributed by atoms with Gasteiger partial charge in [0.05, 0.1) is 12.2 Å². The molecule has 8 heteroatoms. The molecule has 0 aliphatic carbocycles. The van der Waals surface area contributed by atoms with Crippen LogP contribution in [0.5, 0.6) is 0 Å². The van der Waals surface area contributed by atoms with Gasteiger partial charge in [0, 0.05) is 12.8 Å². The maximum Gasteiger partial charge on any atom is 0.267 e. The van der Waals surface area contributed by atoms with E-state index in [2.05, 4.69) is 0 Å². The summed E-state index contributed by atoms with van der Waals surface area (Å²) in [7, 11) is 0. The Morgan fingerprint density at radius 2 is 1.00 bits per heavy atom. The van der Waals surface area contributed by atoms with E-state index in [1.54, 1.807) is 0 Å². The molecule has 0 unspecified atom stereocenters. The Morgan fingerprint density at radius 3 is 1.35 bits per heavy atom. The summed E-state index contributed by atoms with van der Waals surface area (Å²) in [6.07, 6.45) is -10.5. The van der Waals surface area contributed by atoms with E-state index in [-0.39, 0.29) is 0 Å². The average molecular weight is 300 g/mol. The molecule has 0 aromatic heterocycles. The first-order chi connectivity index (χ1) is 9.54. The Bertz CT molecular complexity index is 311. The van der Waals surface area contributed by atoms with Crippen LogP contribution in [0.25, 0.3) is 0 Å². The van der Waals surface area contributed by atoms with Crippen molar-refractivity contribution in [3.8, 4) is 0 Å². The summed E-state index contributed by atoms with van der Waals surface area (Å²) in [5, 5.41) is 0. The Labute approximate surface area is 113 Å². The first-order valence-corrected chi connectivity index (χ1v) is 6.72. The molecular weight excluding hydrogens is 284 g/mol. The van der Waals surface area contributed by atoms with Crippen LogP contribution in [-0.4, -0.2) is 49.8 Å². The highest BCUT2D eigenvalue weighted by molar-refractivity contribution is 4.86. The summed E-state index contributed by atoms with van der Waals surface area (Å²) in [5.74, 6) is 0. The number of ether oxygens (including phenoxy) is 4. The van der Waals surface area contributed by atoms with E-state index in [0.29, 0.717) is 25.7 Å². The van der Waals surface area contributed by atoms with Crippen LogP contribution >= 0.6 is 0 Å². The lowest BCUT2D eigenvalue weighted by Crippen LogP contribution is -2.43. The molecule has 4 nitrogen and oxygen atoms in total. The third-order valence-electron chi connectivity index (χ3n) is 3.87. The van der Waals surface area contributed by atoms with Crippen LogP contribution in [0.4, 0.5) is 17.6 Å². The van der Waals surface area contributed by atoms with Gasteiger partial charge >= 0.3 is 0 Å². The summed E-state index contributed by atoms with van der Waals surface area (Å²) in [6.45, 7) is 0. The highest BCUT2D eigenvalue weighted by atomic mass is 19.3. The molecule has 0 aromatic rings. The second-order valence-corrected chi connectivity index (χ2v) is 5.23. The van der Waals surface area contributed by atoms with Gasteiger partial charge in [-0.25, -0.2) is 17.6 Å². The lowest BCUT2D eigenvalue weighted by atomic mass is 10.1. The van der Waals surface area contributed by atoms with Crippen LogP contribution in [0.1, 0.15) is 25.7 Å². The van der Waals surface area contributed by atoms with Crippen LogP contribution in [0.3, 0.4) is 0 Å². The molecule has 3 fully saturated rings. The zero-order valence-corrected chi connectivity index (χ0v) is 10.6. The van der Waals surface area contributed by atoms with Crippen molar-refractivity contribution in [2.75, 3.05) is 0 Å². The molecule has 6 atom stereocenters. The lowest BCUT2D eigenvalue weighted by Gasteiger charge is -2.31. The van der Waals surface area contributed by atoms with Crippen molar-refractivity contribution in [3.05, 3.63) is 0 Å². The smallest absolute Gasteiger partial charge is 0.267 e. The second-order valence-electron chi connectivity index (χ2n) is 5.23. The quantitative estimate of drug-likeness (QED) is 0.733. The van der Waals surface area contributed by atoms with Crippen molar-refractivity contribution >= 4 is 0 Å². The van der Waals surface area contributed by atoms with E-state index in [1.807, 2.05) is 0 Å². The molecular formula is C12H16F4O4. The van der Waals surface area contributed by atoms with E-state index in [0.717, 1.165) is 0 Å². The molecule has 0 N–H and O–H groups in total. The molecule has 4 bridgehead atoms. The zero-order chi connectivity index (χ0) is 14.3. The van der Waals surface area contributed by atoms with E-state index in [4.69, 9.17) is 18.9 Å². The third kappa shape index (κ3) is 2.79. The monoisotopic (exact) mass is 300 g/mol. The molecule has 3 rings (SSSR count). The minimum Gasteiger partial charge on any atom is -0.346 e. The second kappa shape index (κ2) is 5.75. The summed E-state index contributed by atoms with van der Waals surface area (Å²) in [5.41, 5.74) is 0. The van der Waals surface area contributed by atoms with Gasteiger partial charge in [0.15, 0.2) is 12.6 Å². The molecule has 0 spiro atoms. The maximum atomic E-state index is 13.0. The van der Waals surface area contributed by atoms with Gasteiger partial charge in [0.1, 0.15) is 12.2 Å². The Kier molecular flexibility index (Phi) is 4.16. The van der Waals surface area contributed by atoms with Gasteiger partial charge in [-0.1, -0.05) is 0 Å². The summed E-state index contributed by atoms with van der Waals surface area (Å²) >= 11 is 0. The first kappa shape index (κ1) is 14.5. The highest BCUT2D eigenvalue weighted by Crippen LogP contribution is 2.36. The minimum absolute atomic E-state index is 0.299. The van der Waals surface area contributed by atoms with Crippen LogP contribution in [0.15, 0.2) is 0 Å². The number of rotatable bonds is 2. The SMILES string of the molecule is FC(F)[C@H]1O[C@H]2CC[C@H](O2)[C@@H](C(F)F)O[C@H]2CC[C@@H]1O2. The van der Waals surface area contributed by atoms with Gasteiger partial charge in [0.2, 0.25) is 0 Å². The number of alkyl halides is 4. The fourth-order valence-electron chi connectivity index (χ4n) is 2.92.